The van der Waals surface area contributed by atoms with Crippen LogP contribution >= 0.6 is 34.8 Å². The van der Waals surface area contributed by atoms with E-state index in [1.165, 1.54) is 6.08 Å². The predicted molar refractivity (Wildman–Crippen MR) is 66.4 cm³/mol. The summed E-state index contributed by atoms with van der Waals surface area (Å²) in [6.45, 7) is 0. The van der Waals surface area contributed by atoms with Gasteiger partial charge in [0.15, 0.2) is 0 Å². The van der Waals surface area contributed by atoms with E-state index >= 15 is 0 Å². The molecule has 0 bridgehead atoms. The maximum absolute atomic E-state index is 11.4. The lowest BCUT2D eigenvalue weighted by Gasteiger charge is -2.07. The third kappa shape index (κ3) is 2.63. The fourth-order valence-electron chi connectivity index (χ4n) is 1.51. The van der Waals surface area contributed by atoms with Gasteiger partial charge in [0.2, 0.25) is 0 Å². The van der Waals surface area contributed by atoms with Crippen LogP contribution in [0.15, 0.2) is 23.8 Å². The minimum absolute atomic E-state index is 0.201. The van der Waals surface area contributed by atoms with Crippen LogP contribution in [0.3, 0.4) is 0 Å². The van der Waals surface area contributed by atoms with Crippen molar-refractivity contribution >= 4 is 46.6 Å². The van der Waals surface area contributed by atoms with Gasteiger partial charge in [-0.15, -0.1) is 0 Å². The number of carbonyl (C=O) groups is 2. The molecular weight excluding hydrogens is 284 g/mol. The largest absolute Gasteiger partial charge is 0.289 e. The Morgan fingerprint density at radius 3 is 2.12 bits per heavy atom. The molecule has 0 atom stereocenters. The van der Waals surface area contributed by atoms with Crippen molar-refractivity contribution < 1.29 is 9.59 Å². The van der Waals surface area contributed by atoms with E-state index in [-0.39, 0.29) is 6.42 Å². The molecule has 0 aliphatic carbocycles. The maximum Gasteiger partial charge on any atom is 0.254 e. The Hall–Kier alpha value is -1.03. The van der Waals surface area contributed by atoms with Gasteiger partial charge in [-0.1, -0.05) is 34.8 Å². The fourth-order valence-corrected chi connectivity index (χ4v) is 2.47. The average Bonchev–Trinajstić information content (AvgIpc) is 2.51. The highest BCUT2D eigenvalue weighted by Crippen LogP contribution is 2.31. The second-order valence-electron chi connectivity index (χ2n) is 3.51. The Bertz CT molecular complexity index is 529. The zero-order valence-electron chi connectivity index (χ0n) is 8.39. The van der Waals surface area contributed by atoms with E-state index in [1.54, 1.807) is 12.1 Å². The van der Waals surface area contributed by atoms with E-state index in [9.17, 15) is 9.59 Å². The molecule has 0 saturated carbocycles. The summed E-state index contributed by atoms with van der Waals surface area (Å²) in [5.41, 5.74) is 0.912. The van der Waals surface area contributed by atoms with Gasteiger partial charge in [0, 0.05) is 33.1 Å². The van der Waals surface area contributed by atoms with E-state index in [2.05, 4.69) is 5.32 Å². The summed E-state index contributed by atoms with van der Waals surface area (Å²) in [7, 11) is 0. The van der Waals surface area contributed by atoms with Crippen LogP contribution in [0.25, 0.3) is 0 Å². The third-order valence-corrected chi connectivity index (χ3v) is 3.20. The molecule has 1 aliphatic rings. The van der Waals surface area contributed by atoms with Crippen LogP contribution in [-0.4, -0.2) is 11.8 Å². The van der Waals surface area contributed by atoms with Gasteiger partial charge < -0.3 is 0 Å². The highest BCUT2D eigenvalue weighted by Gasteiger charge is 2.22. The number of halogens is 3. The van der Waals surface area contributed by atoms with E-state index in [4.69, 9.17) is 34.8 Å². The molecule has 2 amide bonds. The van der Waals surface area contributed by atoms with Crippen molar-refractivity contribution in [3.05, 3.63) is 44.4 Å². The SMILES string of the molecule is O=C1C=C(Cc2c(Cl)cc(Cl)cc2Cl)C(=O)N1. The van der Waals surface area contributed by atoms with E-state index < -0.39 is 11.8 Å². The van der Waals surface area contributed by atoms with Gasteiger partial charge in [-0.2, -0.15) is 0 Å². The second kappa shape index (κ2) is 4.69. The second-order valence-corrected chi connectivity index (χ2v) is 4.76. The van der Waals surface area contributed by atoms with E-state index in [0.717, 1.165) is 0 Å². The number of hydrogen-bond acceptors (Lipinski definition) is 2. The summed E-state index contributed by atoms with van der Waals surface area (Å²) in [4.78, 5) is 22.3. The first-order chi connectivity index (χ1) is 7.97. The van der Waals surface area contributed by atoms with Crippen molar-refractivity contribution in [2.24, 2.45) is 0 Å². The van der Waals surface area contributed by atoms with E-state index in [0.29, 0.717) is 26.2 Å². The average molecular weight is 291 g/mol. The van der Waals surface area contributed by atoms with Crippen molar-refractivity contribution in [3.63, 3.8) is 0 Å². The Morgan fingerprint density at radius 2 is 1.65 bits per heavy atom. The van der Waals surface area contributed by atoms with Crippen LogP contribution in [0.2, 0.25) is 15.1 Å². The molecule has 1 aromatic rings. The van der Waals surface area contributed by atoms with Crippen molar-refractivity contribution in [3.8, 4) is 0 Å². The maximum atomic E-state index is 11.4. The molecule has 0 fully saturated rings. The molecule has 88 valence electrons. The fraction of sp³-hybridized carbons (Fsp3) is 0.0909. The number of rotatable bonds is 2. The zero-order valence-corrected chi connectivity index (χ0v) is 10.7. The van der Waals surface area contributed by atoms with Crippen LogP contribution in [-0.2, 0) is 16.0 Å². The molecule has 2 rings (SSSR count). The molecular formula is C11H6Cl3NO2. The molecule has 1 N–H and O–H groups in total. The van der Waals surface area contributed by atoms with Crippen LogP contribution < -0.4 is 5.32 Å². The Morgan fingerprint density at radius 1 is 1.06 bits per heavy atom. The minimum Gasteiger partial charge on any atom is -0.289 e. The molecule has 1 aliphatic heterocycles. The van der Waals surface area contributed by atoms with Crippen LogP contribution in [0.4, 0.5) is 0 Å². The standard InChI is InChI=1S/C11H6Cl3NO2/c12-6-3-8(13)7(9(14)4-6)1-5-2-10(16)15-11(5)17/h2-4H,1H2,(H,15,16,17). The molecule has 1 heterocycles. The number of carbonyl (C=O) groups excluding carboxylic acids is 2. The van der Waals surface area contributed by atoms with Gasteiger partial charge in [-0.05, 0) is 17.7 Å². The highest BCUT2D eigenvalue weighted by atomic mass is 35.5. The number of nitrogens with one attached hydrogen (secondary N) is 1. The van der Waals surface area contributed by atoms with Crippen LogP contribution in [0.5, 0.6) is 0 Å². The zero-order chi connectivity index (χ0) is 12.6. The van der Waals surface area contributed by atoms with Gasteiger partial charge >= 0.3 is 0 Å². The number of imide groups is 1. The van der Waals surface area contributed by atoms with Crippen LogP contribution in [0.1, 0.15) is 5.56 Å². The van der Waals surface area contributed by atoms with Crippen molar-refractivity contribution in [1.29, 1.82) is 0 Å². The summed E-state index contributed by atoms with van der Waals surface area (Å²) >= 11 is 17.7. The molecule has 0 spiro atoms. The number of benzene rings is 1. The van der Waals surface area contributed by atoms with E-state index in [1.807, 2.05) is 0 Å². The molecule has 0 radical (unpaired) electrons. The summed E-state index contributed by atoms with van der Waals surface area (Å²) in [5, 5.41) is 3.32. The topological polar surface area (TPSA) is 46.2 Å². The molecule has 6 heteroatoms. The lowest BCUT2D eigenvalue weighted by molar-refractivity contribution is -0.123. The van der Waals surface area contributed by atoms with Crippen molar-refractivity contribution in [2.75, 3.05) is 0 Å². The lowest BCUT2D eigenvalue weighted by atomic mass is 10.1. The molecule has 3 nitrogen and oxygen atoms in total. The third-order valence-electron chi connectivity index (χ3n) is 2.31. The number of amides is 2. The van der Waals surface area contributed by atoms with Gasteiger partial charge in [0.05, 0.1) is 0 Å². The number of hydrogen-bond donors (Lipinski definition) is 1. The lowest BCUT2D eigenvalue weighted by Crippen LogP contribution is -2.22. The van der Waals surface area contributed by atoms with Crippen molar-refractivity contribution in [1.82, 2.24) is 5.32 Å². The van der Waals surface area contributed by atoms with Gasteiger partial charge in [-0.25, -0.2) is 0 Å². The summed E-state index contributed by atoms with van der Waals surface area (Å²) in [6, 6.07) is 3.08. The molecule has 17 heavy (non-hydrogen) atoms. The Balaban J connectivity index is 2.34. The van der Waals surface area contributed by atoms with Crippen LogP contribution in [0, 0.1) is 0 Å². The Labute approximate surface area is 112 Å². The van der Waals surface area contributed by atoms with Gasteiger partial charge in [-0.3, -0.25) is 14.9 Å². The first-order valence-electron chi connectivity index (χ1n) is 4.66. The molecule has 0 aromatic heterocycles. The Kier molecular flexibility index (Phi) is 3.43. The summed E-state index contributed by atoms with van der Waals surface area (Å²) in [5.74, 6) is -0.844. The predicted octanol–water partition coefficient (Wildman–Crippen LogP) is 2.77. The quantitative estimate of drug-likeness (QED) is 0.851. The summed E-state index contributed by atoms with van der Waals surface area (Å²) in [6.07, 6.45) is 1.44. The molecule has 1 aromatic carbocycles. The summed E-state index contributed by atoms with van der Waals surface area (Å²) < 4.78 is 0. The van der Waals surface area contributed by atoms with Gasteiger partial charge in [0.1, 0.15) is 0 Å². The normalized spacial score (nSPS) is 14.9. The first-order valence-corrected chi connectivity index (χ1v) is 5.80. The first kappa shape index (κ1) is 12.4. The van der Waals surface area contributed by atoms with Crippen molar-refractivity contribution in [2.45, 2.75) is 6.42 Å². The molecule has 0 unspecified atom stereocenters. The minimum atomic E-state index is -0.425. The smallest absolute Gasteiger partial charge is 0.254 e. The molecule has 0 saturated heterocycles. The highest BCUT2D eigenvalue weighted by molar-refractivity contribution is 6.39. The monoisotopic (exact) mass is 289 g/mol. The van der Waals surface area contributed by atoms with Gasteiger partial charge in [0.25, 0.3) is 11.8 Å².